The van der Waals surface area contributed by atoms with E-state index in [9.17, 15) is 18.0 Å². The van der Waals surface area contributed by atoms with Gasteiger partial charge in [-0.15, -0.1) is 0 Å². The normalized spacial score (nSPS) is 19.0. The van der Waals surface area contributed by atoms with E-state index in [0.717, 1.165) is 18.5 Å². The van der Waals surface area contributed by atoms with Gasteiger partial charge in [0.1, 0.15) is 0 Å². The second kappa shape index (κ2) is 7.25. The van der Waals surface area contributed by atoms with Crippen molar-refractivity contribution in [1.82, 2.24) is 9.88 Å². The molecule has 0 aliphatic carbocycles. The van der Waals surface area contributed by atoms with Crippen molar-refractivity contribution in [3.05, 3.63) is 66.0 Å². The van der Waals surface area contributed by atoms with Crippen LogP contribution in [0.5, 0.6) is 0 Å². The average molecular weight is 348 g/mol. The molecule has 0 saturated carbocycles. The summed E-state index contributed by atoms with van der Waals surface area (Å²) in [6, 6.07) is 12.8. The lowest BCUT2D eigenvalue weighted by molar-refractivity contribution is -0.161. The first kappa shape index (κ1) is 17.5. The molecule has 0 N–H and O–H groups in total. The first-order chi connectivity index (χ1) is 12.0. The summed E-state index contributed by atoms with van der Waals surface area (Å²) in [5.74, 6) is -2.26. The third-order valence-corrected chi connectivity index (χ3v) is 4.58. The van der Waals surface area contributed by atoms with Crippen molar-refractivity contribution in [1.29, 1.82) is 0 Å². The van der Waals surface area contributed by atoms with Crippen molar-refractivity contribution in [3.8, 4) is 0 Å². The highest BCUT2D eigenvalue weighted by Gasteiger charge is 2.43. The summed E-state index contributed by atoms with van der Waals surface area (Å²) in [4.78, 5) is 18.5. The summed E-state index contributed by atoms with van der Waals surface area (Å²) in [5, 5.41) is 0. The monoisotopic (exact) mass is 348 g/mol. The topological polar surface area (TPSA) is 33.2 Å². The molecule has 2 atom stereocenters. The van der Waals surface area contributed by atoms with Crippen LogP contribution < -0.4 is 0 Å². The van der Waals surface area contributed by atoms with Crippen LogP contribution >= 0.6 is 0 Å². The van der Waals surface area contributed by atoms with Crippen LogP contribution in [0, 0.1) is 0 Å². The minimum absolute atomic E-state index is 0.122. The quantitative estimate of drug-likeness (QED) is 0.816. The van der Waals surface area contributed by atoms with Crippen LogP contribution in [0.1, 0.15) is 42.5 Å². The molecule has 0 unspecified atom stereocenters. The molecule has 25 heavy (non-hydrogen) atoms. The van der Waals surface area contributed by atoms with Crippen molar-refractivity contribution in [2.24, 2.45) is 0 Å². The Bertz CT molecular complexity index is 704. The Morgan fingerprint density at radius 3 is 2.52 bits per heavy atom. The maximum Gasteiger partial charge on any atom is 0.396 e. The van der Waals surface area contributed by atoms with Gasteiger partial charge in [0.05, 0.1) is 17.7 Å². The first-order valence-corrected chi connectivity index (χ1v) is 8.29. The highest BCUT2D eigenvalue weighted by atomic mass is 19.4. The number of nitrogens with zero attached hydrogens (tertiary/aromatic N) is 2. The van der Waals surface area contributed by atoms with Crippen LogP contribution in [-0.2, 0) is 4.79 Å². The van der Waals surface area contributed by atoms with Crippen LogP contribution in [0.25, 0.3) is 0 Å². The number of pyridine rings is 1. The number of rotatable bonds is 4. The van der Waals surface area contributed by atoms with Crippen LogP contribution in [0.3, 0.4) is 0 Å². The van der Waals surface area contributed by atoms with Gasteiger partial charge in [-0.25, -0.2) is 0 Å². The molecule has 1 aliphatic rings. The van der Waals surface area contributed by atoms with Gasteiger partial charge in [0.15, 0.2) is 0 Å². The Balaban J connectivity index is 1.79. The molecule has 1 aromatic carbocycles. The molecule has 132 valence electrons. The number of alkyl halides is 3. The van der Waals surface area contributed by atoms with E-state index in [1.165, 1.54) is 12.1 Å². The molecule has 3 rings (SSSR count). The lowest BCUT2D eigenvalue weighted by Gasteiger charge is -2.27. The molecular weight excluding hydrogens is 329 g/mol. The van der Waals surface area contributed by atoms with Crippen molar-refractivity contribution >= 4 is 5.91 Å². The standard InChI is InChI=1S/C19H19F3N2O/c20-19(21,22)15(14-7-2-1-3-8-14)13-18(25)24-12-6-10-17(24)16-9-4-5-11-23-16/h1-5,7-9,11,15,17H,6,10,12-13H2/t15-,17+/m0/s1. The van der Waals surface area contributed by atoms with Crippen LogP contribution in [0.2, 0.25) is 0 Å². The van der Waals surface area contributed by atoms with Crippen LogP contribution in [-0.4, -0.2) is 28.5 Å². The van der Waals surface area contributed by atoms with Crippen molar-refractivity contribution in [3.63, 3.8) is 0 Å². The molecule has 6 heteroatoms. The smallest absolute Gasteiger partial charge is 0.334 e. The third kappa shape index (κ3) is 4.00. The predicted octanol–water partition coefficient (Wildman–Crippen LogP) is 4.48. The number of aromatic nitrogens is 1. The Morgan fingerprint density at radius 1 is 1.16 bits per heavy atom. The molecule has 1 aliphatic heterocycles. The van der Waals surface area contributed by atoms with Crippen molar-refractivity contribution in [2.45, 2.75) is 37.4 Å². The van der Waals surface area contributed by atoms with E-state index in [1.54, 1.807) is 35.4 Å². The van der Waals surface area contributed by atoms with Gasteiger partial charge in [-0.3, -0.25) is 9.78 Å². The molecule has 1 saturated heterocycles. The second-order valence-corrected chi connectivity index (χ2v) is 6.21. The number of hydrogen-bond acceptors (Lipinski definition) is 2. The van der Waals surface area contributed by atoms with E-state index in [1.807, 2.05) is 12.1 Å². The summed E-state index contributed by atoms with van der Waals surface area (Å²) in [7, 11) is 0. The highest BCUT2D eigenvalue weighted by molar-refractivity contribution is 5.78. The molecule has 0 bridgehead atoms. The zero-order valence-corrected chi connectivity index (χ0v) is 13.6. The van der Waals surface area contributed by atoms with E-state index >= 15 is 0 Å². The molecule has 0 radical (unpaired) electrons. The van der Waals surface area contributed by atoms with E-state index in [-0.39, 0.29) is 11.6 Å². The summed E-state index contributed by atoms with van der Waals surface area (Å²) in [6.07, 6.45) is -1.90. The fourth-order valence-corrected chi connectivity index (χ4v) is 3.35. The van der Waals surface area contributed by atoms with Crippen molar-refractivity contribution in [2.75, 3.05) is 6.54 Å². The lowest BCUT2D eigenvalue weighted by Crippen LogP contribution is -2.34. The molecule has 3 nitrogen and oxygen atoms in total. The van der Waals surface area contributed by atoms with Gasteiger partial charge in [0.25, 0.3) is 0 Å². The van der Waals surface area contributed by atoms with Crippen LogP contribution in [0.15, 0.2) is 54.7 Å². The Labute approximate surface area is 144 Å². The number of carbonyl (C=O) groups excluding carboxylic acids is 1. The molecule has 0 spiro atoms. The summed E-state index contributed by atoms with van der Waals surface area (Å²) in [6.45, 7) is 0.472. The maximum absolute atomic E-state index is 13.5. The number of benzene rings is 1. The van der Waals surface area contributed by atoms with E-state index in [4.69, 9.17) is 0 Å². The molecule has 1 aromatic heterocycles. The zero-order valence-electron chi connectivity index (χ0n) is 13.6. The average Bonchev–Trinajstić information content (AvgIpc) is 3.10. The maximum atomic E-state index is 13.5. The van der Waals surface area contributed by atoms with Gasteiger partial charge in [-0.2, -0.15) is 13.2 Å². The van der Waals surface area contributed by atoms with Gasteiger partial charge in [-0.1, -0.05) is 36.4 Å². The fraction of sp³-hybridized carbons (Fsp3) is 0.368. The number of carbonyl (C=O) groups is 1. The summed E-state index contributed by atoms with van der Waals surface area (Å²) in [5.41, 5.74) is 0.855. The van der Waals surface area contributed by atoms with Gasteiger partial charge in [-0.05, 0) is 30.5 Å². The first-order valence-electron chi connectivity index (χ1n) is 8.29. The van der Waals surface area contributed by atoms with Gasteiger partial charge >= 0.3 is 6.18 Å². The molecule has 2 aromatic rings. The zero-order chi connectivity index (χ0) is 17.9. The SMILES string of the molecule is O=C(C[C@@H](c1ccccc1)C(F)(F)F)N1CCC[C@@H]1c1ccccn1. The molecular formula is C19H19F3N2O. The Hall–Kier alpha value is -2.37. The predicted molar refractivity (Wildman–Crippen MR) is 87.8 cm³/mol. The van der Waals surface area contributed by atoms with E-state index < -0.39 is 24.4 Å². The van der Waals surface area contributed by atoms with E-state index in [2.05, 4.69) is 4.98 Å². The summed E-state index contributed by atoms with van der Waals surface area (Å²) < 4.78 is 40.5. The van der Waals surface area contributed by atoms with Crippen LogP contribution in [0.4, 0.5) is 13.2 Å². The second-order valence-electron chi connectivity index (χ2n) is 6.21. The number of halogens is 3. The molecule has 2 heterocycles. The highest BCUT2D eigenvalue weighted by Crippen LogP contribution is 2.39. The van der Waals surface area contributed by atoms with E-state index in [0.29, 0.717) is 6.54 Å². The minimum Gasteiger partial charge on any atom is -0.334 e. The number of likely N-dealkylation sites (tertiary alicyclic amines) is 1. The lowest BCUT2D eigenvalue weighted by atomic mass is 9.94. The third-order valence-electron chi connectivity index (χ3n) is 4.58. The minimum atomic E-state index is -4.46. The van der Waals surface area contributed by atoms with Crippen molar-refractivity contribution < 1.29 is 18.0 Å². The Morgan fingerprint density at radius 2 is 1.88 bits per heavy atom. The Kier molecular flexibility index (Phi) is 5.06. The number of amides is 1. The van der Waals surface area contributed by atoms with Gasteiger partial charge < -0.3 is 4.90 Å². The largest absolute Gasteiger partial charge is 0.396 e. The summed E-state index contributed by atoms with van der Waals surface area (Å²) >= 11 is 0. The van der Waals surface area contributed by atoms with Gasteiger partial charge in [0, 0.05) is 19.2 Å². The van der Waals surface area contributed by atoms with Gasteiger partial charge in [0.2, 0.25) is 5.91 Å². The molecule has 1 fully saturated rings. The fourth-order valence-electron chi connectivity index (χ4n) is 3.35. The molecule has 1 amide bonds. The number of hydrogen-bond donors (Lipinski definition) is 0.